The van der Waals surface area contributed by atoms with Crippen LogP contribution < -0.4 is 0 Å². The van der Waals surface area contributed by atoms with Crippen LogP contribution in [0.5, 0.6) is 0 Å². The molecule has 0 saturated carbocycles. The van der Waals surface area contributed by atoms with E-state index in [1.54, 1.807) is 6.20 Å². The molecule has 0 aliphatic carbocycles. The lowest BCUT2D eigenvalue weighted by Crippen LogP contribution is -1.96. The van der Waals surface area contributed by atoms with Crippen molar-refractivity contribution >= 4 is 43.9 Å². The molecule has 0 spiro atoms. The van der Waals surface area contributed by atoms with Crippen molar-refractivity contribution in [2.24, 2.45) is 0 Å². The molecule has 4 heterocycles. The molecule has 4 aromatic heterocycles. The van der Waals surface area contributed by atoms with Crippen LogP contribution in [0.25, 0.3) is 88.9 Å². The van der Waals surface area contributed by atoms with Gasteiger partial charge in [0.1, 0.15) is 16.7 Å². The Morgan fingerprint density at radius 2 is 1.02 bits per heavy atom. The Bertz CT molecular complexity index is 2490. The van der Waals surface area contributed by atoms with Gasteiger partial charge in [0.25, 0.3) is 0 Å². The molecule has 0 unspecified atom stereocenters. The topological polar surface area (TPSA) is 65.0 Å². The van der Waals surface area contributed by atoms with Gasteiger partial charge in [-0.1, -0.05) is 97.1 Å². The summed E-state index contributed by atoms with van der Waals surface area (Å²) in [4.78, 5) is 14.8. The second-order valence-corrected chi connectivity index (χ2v) is 10.9. The first kappa shape index (κ1) is 24.5. The van der Waals surface area contributed by atoms with Crippen LogP contribution in [0.1, 0.15) is 0 Å². The van der Waals surface area contributed by atoms with Crippen molar-refractivity contribution in [1.29, 1.82) is 0 Å². The summed E-state index contributed by atoms with van der Waals surface area (Å²) in [7, 11) is 0. The molecule has 0 radical (unpaired) electrons. The summed E-state index contributed by atoms with van der Waals surface area (Å²) in [5.74, 6) is 0.608. The molecule has 0 saturated heterocycles. The van der Waals surface area contributed by atoms with Gasteiger partial charge in [0.2, 0.25) is 0 Å². The van der Waals surface area contributed by atoms with E-state index in [1.165, 1.54) is 5.56 Å². The fourth-order valence-electron chi connectivity index (χ4n) is 6.06. The zero-order chi connectivity index (χ0) is 29.0. The minimum absolute atomic E-state index is 0.608. The third-order valence-electron chi connectivity index (χ3n) is 8.21. The number of benzene rings is 5. The molecule has 0 amide bonds. The molecule has 0 bridgehead atoms. The minimum Gasteiger partial charge on any atom is -0.456 e. The van der Waals surface area contributed by atoms with E-state index in [9.17, 15) is 0 Å². The van der Waals surface area contributed by atoms with E-state index in [0.29, 0.717) is 5.82 Å². The summed E-state index contributed by atoms with van der Waals surface area (Å²) in [5, 5.41) is 4.17. The third kappa shape index (κ3) is 3.98. The predicted octanol–water partition coefficient (Wildman–Crippen LogP) is 10.3. The first-order valence-electron chi connectivity index (χ1n) is 14.5. The fraction of sp³-hybridized carbons (Fsp3) is 0. The largest absolute Gasteiger partial charge is 0.456 e. The number of rotatable bonds is 4. The smallest absolute Gasteiger partial charge is 0.160 e. The van der Waals surface area contributed by atoms with Crippen LogP contribution in [-0.2, 0) is 0 Å². The normalized spacial score (nSPS) is 11.6. The van der Waals surface area contributed by atoms with E-state index in [1.807, 2.05) is 60.8 Å². The van der Waals surface area contributed by atoms with Gasteiger partial charge < -0.3 is 8.83 Å². The first-order valence-corrected chi connectivity index (χ1v) is 14.5. The fourth-order valence-corrected chi connectivity index (χ4v) is 6.06. The van der Waals surface area contributed by atoms with Gasteiger partial charge in [-0.15, -0.1) is 0 Å². The van der Waals surface area contributed by atoms with Crippen molar-refractivity contribution in [3.63, 3.8) is 0 Å². The standard InChI is InChI=1S/C39H23N3O2/c1-2-8-24(9-3-1)25-14-16-26(17-15-25)32-21-33(31-22-40-23-37-38(31)30-11-5-7-13-35(30)44-37)42-39(41-32)27-18-19-29-28-10-4-6-12-34(28)43-36(29)20-27/h1-23H. The van der Waals surface area contributed by atoms with Crippen molar-refractivity contribution in [2.45, 2.75) is 0 Å². The lowest BCUT2D eigenvalue weighted by atomic mass is 10.0. The molecular weight excluding hydrogens is 542 g/mol. The van der Waals surface area contributed by atoms with Crippen LogP contribution in [0.2, 0.25) is 0 Å². The molecule has 5 nitrogen and oxygen atoms in total. The second-order valence-electron chi connectivity index (χ2n) is 10.9. The maximum Gasteiger partial charge on any atom is 0.160 e. The summed E-state index contributed by atoms with van der Waals surface area (Å²) in [5.41, 5.74) is 9.88. The second kappa shape index (κ2) is 9.75. The highest BCUT2D eigenvalue weighted by Gasteiger charge is 2.18. The van der Waals surface area contributed by atoms with Gasteiger partial charge in [0, 0.05) is 44.4 Å². The quantitative estimate of drug-likeness (QED) is 0.212. The van der Waals surface area contributed by atoms with E-state index >= 15 is 0 Å². The molecular formula is C39H23N3O2. The molecule has 5 heteroatoms. The molecule has 0 aliphatic heterocycles. The Hall–Kier alpha value is -6.07. The van der Waals surface area contributed by atoms with Gasteiger partial charge in [0.15, 0.2) is 11.4 Å². The maximum atomic E-state index is 6.22. The zero-order valence-corrected chi connectivity index (χ0v) is 23.4. The highest BCUT2D eigenvalue weighted by Crippen LogP contribution is 2.38. The summed E-state index contributed by atoms with van der Waals surface area (Å²) < 4.78 is 12.4. The first-order chi connectivity index (χ1) is 21.8. The Labute approximate surface area is 252 Å². The number of para-hydroxylation sites is 2. The molecule has 0 fully saturated rings. The Kier molecular flexibility index (Phi) is 5.43. The molecule has 0 atom stereocenters. The van der Waals surface area contributed by atoms with Crippen molar-refractivity contribution < 1.29 is 8.83 Å². The summed E-state index contributed by atoms with van der Waals surface area (Å²) in [6.45, 7) is 0. The summed E-state index contributed by atoms with van der Waals surface area (Å²) in [6.07, 6.45) is 3.63. The predicted molar refractivity (Wildman–Crippen MR) is 176 cm³/mol. The Morgan fingerprint density at radius 1 is 0.409 bits per heavy atom. The van der Waals surface area contributed by atoms with Gasteiger partial charge in [-0.25, -0.2) is 9.97 Å². The van der Waals surface area contributed by atoms with Crippen LogP contribution in [0.4, 0.5) is 0 Å². The lowest BCUT2D eigenvalue weighted by molar-refractivity contribution is 0.667. The van der Waals surface area contributed by atoms with Crippen molar-refractivity contribution in [3.8, 4) is 45.0 Å². The number of nitrogens with zero attached hydrogens (tertiary/aromatic N) is 3. The van der Waals surface area contributed by atoms with Crippen LogP contribution in [0, 0.1) is 0 Å². The monoisotopic (exact) mass is 565 g/mol. The number of fused-ring (bicyclic) bond motifs is 6. The maximum absolute atomic E-state index is 6.22. The van der Waals surface area contributed by atoms with E-state index in [-0.39, 0.29) is 0 Å². The Balaban J connectivity index is 1.25. The summed E-state index contributed by atoms with van der Waals surface area (Å²) in [6, 6.07) is 43.3. The number of hydrogen-bond donors (Lipinski definition) is 0. The molecule has 0 aliphatic rings. The van der Waals surface area contributed by atoms with Gasteiger partial charge in [0.05, 0.1) is 17.6 Å². The van der Waals surface area contributed by atoms with E-state index in [2.05, 4.69) is 77.8 Å². The number of hydrogen-bond acceptors (Lipinski definition) is 5. The van der Waals surface area contributed by atoms with Crippen LogP contribution in [-0.4, -0.2) is 15.0 Å². The SMILES string of the molecule is c1ccc(-c2ccc(-c3cc(-c4cncc5oc6ccccc6c45)nc(-c4ccc5c(c4)oc4ccccc45)n3)cc2)cc1. The highest BCUT2D eigenvalue weighted by atomic mass is 16.3. The third-order valence-corrected chi connectivity index (χ3v) is 8.21. The van der Waals surface area contributed by atoms with Crippen molar-refractivity contribution in [1.82, 2.24) is 15.0 Å². The molecule has 44 heavy (non-hydrogen) atoms. The van der Waals surface area contributed by atoms with Crippen molar-refractivity contribution in [2.75, 3.05) is 0 Å². The average molecular weight is 566 g/mol. The average Bonchev–Trinajstić information content (AvgIpc) is 3.66. The number of aromatic nitrogens is 3. The van der Waals surface area contributed by atoms with Crippen LogP contribution in [0.15, 0.2) is 149 Å². The number of pyridine rings is 1. The van der Waals surface area contributed by atoms with Crippen LogP contribution >= 0.6 is 0 Å². The van der Waals surface area contributed by atoms with Crippen LogP contribution in [0.3, 0.4) is 0 Å². The minimum atomic E-state index is 0.608. The Morgan fingerprint density at radius 3 is 1.86 bits per heavy atom. The van der Waals surface area contributed by atoms with Gasteiger partial charge in [-0.05, 0) is 41.5 Å². The molecule has 9 aromatic rings. The highest BCUT2D eigenvalue weighted by molar-refractivity contribution is 6.12. The van der Waals surface area contributed by atoms with Crippen molar-refractivity contribution in [3.05, 3.63) is 140 Å². The van der Waals surface area contributed by atoms with E-state index in [4.69, 9.17) is 18.8 Å². The molecule has 5 aromatic carbocycles. The molecule has 206 valence electrons. The van der Waals surface area contributed by atoms with E-state index in [0.717, 1.165) is 77.5 Å². The lowest BCUT2D eigenvalue weighted by Gasteiger charge is -2.11. The molecule has 0 N–H and O–H groups in total. The molecule has 9 rings (SSSR count). The zero-order valence-electron chi connectivity index (χ0n) is 23.4. The number of furan rings is 2. The van der Waals surface area contributed by atoms with E-state index < -0.39 is 0 Å². The summed E-state index contributed by atoms with van der Waals surface area (Å²) >= 11 is 0. The van der Waals surface area contributed by atoms with Gasteiger partial charge >= 0.3 is 0 Å². The van der Waals surface area contributed by atoms with Gasteiger partial charge in [-0.3, -0.25) is 4.98 Å². The van der Waals surface area contributed by atoms with Gasteiger partial charge in [-0.2, -0.15) is 0 Å².